The smallest absolute Gasteiger partial charge is 0.261 e. The van der Waals surface area contributed by atoms with Crippen molar-refractivity contribution in [1.82, 2.24) is 15.0 Å². The van der Waals surface area contributed by atoms with Gasteiger partial charge in [-0.05, 0) is 55.3 Å². The number of hydrogen-bond donors (Lipinski definition) is 5. The topological polar surface area (TPSA) is 123 Å². The number of carbonyl (C=O) groups excluding carboxylic acids is 1. The molecule has 5 N–H and O–H groups in total. The van der Waals surface area contributed by atoms with Crippen LogP contribution in [0.15, 0.2) is 53.5 Å². The Morgan fingerprint density at radius 3 is 2.79 bits per heavy atom. The lowest BCUT2D eigenvalue weighted by molar-refractivity contribution is -0.119. The number of imidazole rings is 1. The average molecular weight is 464 g/mol. The molecule has 0 fully saturated rings. The highest BCUT2D eigenvalue weighted by Gasteiger charge is 2.38. The second kappa shape index (κ2) is 7.75. The van der Waals surface area contributed by atoms with Crippen molar-refractivity contribution in [3.8, 4) is 11.4 Å². The van der Waals surface area contributed by atoms with E-state index in [4.69, 9.17) is 11.6 Å². The molecule has 0 spiro atoms. The highest BCUT2D eigenvalue weighted by atomic mass is 35.5. The van der Waals surface area contributed by atoms with Crippen molar-refractivity contribution in [3.05, 3.63) is 75.2 Å². The van der Waals surface area contributed by atoms with Gasteiger partial charge in [-0.25, -0.2) is 4.98 Å². The number of nitrogens with one attached hydrogen (secondary N) is 4. The standard InChI is InChI=1S/C24H22ClN5O3/c1-24(2)14-9-17-18(10-16(14)30-23(24)33)29-21(28-17)20-15(6-7-26-22(20)32)27-11-19(31)12-4-3-5-13(25)8-12/h3-10,19,31H,11H2,1-2H3,(H,28,29)(H,30,33)(H2,26,27,32). The molecule has 0 radical (unpaired) electrons. The van der Waals surface area contributed by atoms with Gasteiger partial charge in [0.25, 0.3) is 5.56 Å². The Morgan fingerprint density at radius 2 is 2.00 bits per heavy atom. The largest absolute Gasteiger partial charge is 0.387 e. The lowest BCUT2D eigenvalue weighted by Crippen LogP contribution is -2.26. The van der Waals surface area contributed by atoms with E-state index in [0.29, 0.717) is 38.7 Å². The summed E-state index contributed by atoms with van der Waals surface area (Å²) in [6.45, 7) is 3.90. The third-order valence-corrected chi connectivity index (χ3v) is 6.26. The first-order chi connectivity index (χ1) is 15.7. The van der Waals surface area contributed by atoms with E-state index in [2.05, 4.69) is 25.6 Å². The van der Waals surface area contributed by atoms with Gasteiger partial charge in [-0.15, -0.1) is 0 Å². The van der Waals surface area contributed by atoms with E-state index >= 15 is 0 Å². The van der Waals surface area contributed by atoms with Gasteiger partial charge in [0, 0.05) is 23.5 Å². The third-order valence-electron chi connectivity index (χ3n) is 6.03. The number of fused-ring (bicyclic) bond motifs is 2. The molecule has 9 heteroatoms. The predicted octanol–water partition coefficient (Wildman–Crippen LogP) is 3.95. The number of nitrogens with zero attached hydrogens (tertiary/aromatic N) is 1. The number of aliphatic hydroxyl groups excluding tert-OH is 1. The fourth-order valence-corrected chi connectivity index (χ4v) is 4.29. The number of aromatic nitrogens is 3. The van der Waals surface area contributed by atoms with Crippen LogP contribution in [0.3, 0.4) is 0 Å². The fourth-order valence-electron chi connectivity index (χ4n) is 4.10. The van der Waals surface area contributed by atoms with Crippen molar-refractivity contribution in [2.45, 2.75) is 25.4 Å². The minimum absolute atomic E-state index is 0.0605. The molecular formula is C24H22ClN5O3. The number of aromatic amines is 2. The van der Waals surface area contributed by atoms with Crippen LogP contribution in [0, 0.1) is 0 Å². The molecule has 4 aromatic rings. The summed E-state index contributed by atoms with van der Waals surface area (Å²) in [4.78, 5) is 35.5. The highest BCUT2D eigenvalue weighted by Crippen LogP contribution is 2.39. The Labute approximate surface area is 194 Å². The van der Waals surface area contributed by atoms with Crippen LogP contribution in [0.5, 0.6) is 0 Å². The maximum absolute atomic E-state index is 12.7. The maximum Gasteiger partial charge on any atom is 0.261 e. The lowest BCUT2D eigenvalue weighted by atomic mass is 9.86. The van der Waals surface area contributed by atoms with Crippen LogP contribution in [-0.4, -0.2) is 32.5 Å². The number of rotatable bonds is 5. The molecule has 1 atom stereocenters. The molecular weight excluding hydrogens is 442 g/mol. The van der Waals surface area contributed by atoms with E-state index in [1.807, 2.05) is 26.0 Å². The maximum atomic E-state index is 12.7. The van der Waals surface area contributed by atoms with Gasteiger partial charge in [-0.2, -0.15) is 0 Å². The minimum atomic E-state index is -0.819. The first-order valence-corrected chi connectivity index (χ1v) is 10.9. The Kier molecular flexibility index (Phi) is 4.99. The molecule has 3 heterocycles. The Balaban J connectivity index is 1.49. The molecule has 1 amide bonds. The fraction of sp³-hybridized carbons (Fsp3) is 0.208. The van der Waals surface area contributed by atoms with Crippen LogP contribution in [0.25, 0.3) is 22.4 Å². The van der Waals surface area contributed by atoms with Crippen LogP contribution < -0.4 is 16.2 Å². The van der Waals surface area contributed by atoms with Gasteiger partial charge in [0.05, 0.1) is 28.2 Å². The number of amides is 1. The first-order valence-electron chi connectivity index (χ1n) is 10.5. The second-order valence-electron chi connectivity index (χ2n) is 8.63. The van der Waals surface area contributed by atoms with Gasteiger partial charge in [0.2, 0.25) is 5.91 Å². The van der Waals surface area contributed by atoms with Crippen LogP contribution >= 0.6 is 11.6 Å². The summed E-state index contributed by atoms with van der Waals surface area (Å²) < 4.78 is 0. The number of anilines is 2. The normalized spacial score (nSPS) is 15.3. The Hall–Kier alpha value is -3.62. The van der Waals surface area contributed by atoms with Crippen LogP contribution in [0.1, 0.15) is 31.1 Å². The molecule has 0 saturated heterocycles. The van der Waals surface area contributed by atoms with Crippen molar-refractivity contribution < 1.29 is 9.90 Å². The van der Waals surface area contributed by atoms with E-state index in [-0.39, 0.29) is 18.0 Å². The summed E-state index contributed by atoms with van der Waals surface area (Å²) in [7, 11) is 0. The molecule has 168 valence electrons. The number of benzene rings is 2. The molecule has 0 saturated carbocycles. The van der Waals surface area contributed by atoms with Crippen LogP contribution in [0.2, 0.25) is 5.02 Å². The number of pyridine rings is 1. The zero-order valence-corrected chi connectivity index (χ0v) is 18.7. The van der Waals surface area contributed by atoms with Crippen molar-refractivity contribution >= 4 is 39.9 Å². The molecule has 0 aliphatic carbocycles. The van der Waals surface area contributed by atoms with E-state index in [1.165, 1.54) is 6.20 Å². The van der Waals surface area contributed by atoms with Crippen LogP contribution in [-0.2, 0) is 10.2 Å². The van der Waals surface area contributed by atoms with Crippen molar-refractivity contribution in [3.63, 3.8) is 0 Å². The number of halogens is 1. The predicted molar refractivity (Wildman–Crippen MR) is 129 cm³/mol. The summed E-state index contributed by atoms with van der Waals surface area (Å²) in [5, 5.41) is 17.1. The zero-order valence-electron chi connectivity index (χ0n) is 18.0. The van der Waals surface area contributed by atoms with Crippen molar-refractivity contribution in [2.24, 2.45) is 0 Å². The third kappa shape index (κ3) is 3.67. The van der Waals surface area contributed by atoms with Gasteiger partial charge >= 0.3 is 0 Å². The van der Waals surface area contributed by atoms with E-state index in [1.54, 1.807) is 30.3 Å². The van der Waals surface area contributed by atoms with Gasteiger partial charge in [0.15, 0.2) is 0 Å². The molecule has 33 heavy (non-hydrogen) atoms. The highest BCUT2D eigenvalue weighted by molar-refractivity contribution is 6.30. The minimum Gasteiger partial charge on any atom is -0.387 e. The van der Waals surface area contributed by atoms with E-state index in [0.717, 1.165) is 11.3 Å². The summed E-state index contributed by atoms with van der Waals surface area (Å²) in [6.07, 6.45) is 0.718. The number of H-pyrrole nitrogens is 2. The summed E-state index contributed by atoms with van der Waals surface area (Å²) in [5.41, 5.74) is 3.50. The summed E-state index contributed by atoms with van der Waals surface area (Å²) >= 11 is 6.02. The Morgan fingerprint density at radius 1 is 1.18 bits per heavy atom. The molecule has 5 rings (SSSR count). The van der Waals surface area contributed by atoms with Gasteiger partial charge in [-0.3, -0.25) is 9.59 Å². The average Bonchev–Trinajstić information content (AvgIpc) is 3.28. The SMILES string of the molecule is CC1(C)C(=O)Nc2cc3[nH]c(-c4c(NCC(O)c5cccc(Cl)c5)cc[nH]c4=O)nc3cc21. The van der Waals surface area contributed by atoms with Gasteiger partial charge in [-0.1, -0.05) is 23.7 Å². The van der Waals surface area contributed by atoms with E-state index < -0.39 is 11.5 Å². The van der Waals surface area contributed by atoms with E-state index in [9.17, 15) is 14.7 Å². The summed E-state index contributed by atoms with van der Waals surface area (Å²) in [5.74, 6) is 0.328. The molecule has 8 nitrogen and oxygen atoms in total. The first kappa shape index (κ1) is 21.2. The number of carbonyl (C=O) groups is 1. The molecule has 1 aliphatic heterocycles. The Bertz CT molecular complexity index is 1460. The quantitative estimate of drug-likeness (QED) is 0.306. The van der Waals surface area contributed by atoms with Crippen LogP contribution in [0.4, 0.5) is 11.4 Å². The molecule has 1 aliphatic rings. The van der Waals surface area contributed by atoms with Gasteiger partial charge in [0.1, 0.15) is 11.4 Å². The lowest BCUT2D eigenvalue weighted by Gasteiger charge is -2.15. The molecule has 1 unspecified atom stereocenters. The molecule has 2 aromatic carbocycles. The second-order valence-corrected chi connectivity index (χ2v) is 9.06. The van der Waals surface area contributed by atoms with Crippen molar-refractivity contribution in [2.75, 3.05) is 17.2 Å². The number of aliphatic hydroxyl groups is 1. The zero-order chi connectivity index (χ0) is 23.3. The molecule has 2 aromatic heterocycles. The molecule has 0 bridgehead atoms. The number of hydrogen-bond acceptors (Lipinski definition) is 5. The van der Waals surface area contributed by atoms with Gasteiger partial charge < -0.3 is 25.7 Å². The van der Waals surface area contributed by atoms with Crippen molar-refractivity contribution in [1.29, 1.82) is 0 Å². The monoisotopic (exact) mass is 463 g/mol. The summed E-state index contributed by atoms with van der Waals surface area (Å²) in [6, 6.07) is 12.4.